The molecule has 0 atom stereocenters. The highest BCUT2D eigenvalue weighted by Crippen LogP contribution is 2.35. The van der Waals surface area contributed by atoms with E-state index < -0.39 is 18.3 Å². The van der Waals surface area contributed by atoms with Gasteiger partial charge in [-0.1, -0.05) is 12.1 Å². The van der Waals surface area contributed by atoms with Crippen LogP contribution in [0.1, 0.15) is 19.4 Å². The molecule has 2 amide bonds. The van der Waals surface area contributed by atoms with Crippen molar-refractivity contribution in [2.24, 2.45) is 0 Å². The number of aromatic nitrogens is 2. The second-order valence-electron chi connectivity index (χ2n) is 7.48. The van der Waals surface area contributed by atoms with Gasteiger partial charge < -0.3 is 20.5 Å². The number of halogens is 1. The van der Waals surface area contributed by atoms with Crippen LogP contribution in [0.25, 0.3) is 11.0 Å². The number of pyridine rings is 1. The number of rotatable bonds is 4. The van der Waals surface area contributed by atoms with Crippen LogP contribution in [0.2, 0.25) is 0 Å². The first-order chi connectivity index (χ1) is 15.8. The molecule has 0 saturated carbocycles. The number of benzene rings is 2. The lowest BCUT2D eigenvalue weighted by Gasteiger charge is -2.19. The third-order valence-corrected chi connectivity index (χ3v) is 5.35. The molecule has 0 unspecified atom stereocenters. The summed E-state index contributed by atoms with van der Waals surface area (Å²) in [6.45, 7) is 0.471. The molecule has 0 aliphatic carbocycles. The normalized spacial score (nSPS) is 14.2. The van der Waals surface area contributed by atoms with E-state index >= 15 is 0 Å². The van der Waals surface area contributed by atoms with Gasteiger partial charge in [0, 0.05) is 47.8 Å². The first-order valence-electron chi connectivity index (χ1n) is 11.0. The summed E-state index contributed by atoms with van der Waals surface area (Å²) >= 11 is 0. The molecule has 1 aliphatic heterocycles. The maximum Gasteiger partial charge on any atom is 0.323 e. The Morgan fingerprint density at radius 1 is 1.23 bits per heavy atom. The number of fused-ring (bicyclic) bond motifs is 2. The average molecular weight is 417 g/mol. The molecule has 31 heavy (non-hydrogen) atoms. The Bertz CT molecular complexity index is 1370. The zero-order valence-electron chi connectivity index (χ0n) is 18.9. The molecule has 4 aromatic rings. The van der Waals surface area contributed by atoms with E-state index in [1.54, 1.807) is 47.6 Å². The topological polar surface area (TPSA) is 73.0 Å². The van der Waals surface area contributed by atoms with Gasteiger partial charge in [-0.15, -0.1) is 0 Å². The monoisotopic (exact) mass is 417 g/mol. The summed E-state index contributed by atoms with van der Waals surface area (Å²) in [6.07, 6.45) is 3.88. The molecule has 0 fully saturated rings. The standard InChI is InChI=1S/C24H22FN5O/c1-15-7-8-19(25)21(12-15)29-24(31)28-20-5-2-6-22-18(20)9-11-30(22)14-16-13-27-23-17(16)4-3-10-26-23/h2-8,10,12-13H,9,11,14H2,1H3,(H,26,27)(H2,28,29,31)/i14D2. The summed E-state index contributed by atoms with van der Waals surface area (Å²) in [5.41, 5.74) is 4.17. The third-order valence-electron chi connectivity index (χ3n) is 5.35. The molecule has 2 aromatic heterocycles. The largest absolute Gasteiger partial charge is 0.367 e. The highest BCUT2D eigenvalue weighted by Gasteiger charge is 2.23. The Balaban J connectivity index is 1.42. The number of hydrogen-bond acceptors (Lipinski definition) is 3. The van der Waals surface area contributed by atoms with Gasteiger partial charge in [-0.2, -0.15) is 0 Å². The maximum absolute atomic E-state index is 14.0. The summed E-state index contributed by atoms with van der Waals surface area (Å²) in [7, 11) is 0. The van der Waals surface area contributed by atoms with Crippen molar-refractivity contribution in [1.29, 1.82) is 0 Å². The van der Waals surface area contributed by atoms with Gasteiger partial charge in [-0.3, -0.25) is 0 Å². The first kappa shape index (κ1) is 16.9. The number of aromatic amines is 1. The van der Waals surface area contributed by atoms with E-state index in [0.29, 0.717) is 35.6 Å². The van der Waals surface area contributed by atoms with Gasteiger partial charge >= 0.3 is 6.03 Å². The van der Waals surface area contributed by atoms with Crippen LogP contribution in [0.5, 0.6) is 0 Å². The number of carbonyl (C=O) groups excluding carboxylic acids is 1. The van der Waals surface area contributed by atoms with Crippen molar-refractivity contribution in [3.8, 4) is 0 Å². The van der Waals surface area contributed by atoms with E-state index in [-0.39, 0.29) is 5.69 Å². The number of carbonyl (C=O) groups is 1. The quantitative estimate of drug-likeness (QED) is 0.426. The van der Waals surface area contributed by atoms with Crippen LogP contribution in [-0.2, 0) is 12.9 Å². The van der Waals surface area contributed by atoms with Crippen molar-refractivity contribution in [1.82, 2.24) is 9.97 Å². The van der Waals surface area contributed by atoms with Gasteiger partial charge in [0.15, 0.2) is 0 Å². The molecule has 3 heterocycles. The average Bonchev–Trinajstić information content (AvgIpc) is 3.42. The van der Waals surface area contributed by atoms with Crippen molar-refractivity contribution in [3.05, 3.63) is 83.4 Å². The van der Waals surface area contributed by atoms with E-state index in [0.717, 1.165) is 16.5 Å². The fraction of sp³-hybridized carbons (Fsp3) is 0.167. The minimum Gasteiger partial charge on any atom is -0.367 e. The Labute approximate surface area is 181 Å². The fourth-order valence-electron chi connectivity index (χ4n) is 3.87. The highest BCUT2D eigenvalue weighted by molar-refractivity contribution is 6.01. The van der Waals surface area contributed by atoms with Gasteiger partial charge in [-0.25, -0.2) is 14.2 Å². The maximum atomic E-state index is 14.0. The number of nitrogens with one attached hydrogen (secondary N) is 3. The molecule has 0 spiro atoms. The van der Waals surface area contributed by atoms with E-state index in [1.165, 1.54) is 6.07 Å². The molecule has 1 aliphatic rings. The van der Waals surface area contributed by atoms with E-state index in [9.17, 15) is 9.18 Å². The summed E-state index contributed by atoms with van der Waals surface area (Å²) in [4.78, 5) is 21.6. The number of amides is 2. The Kier molecular flexibility index (Phi) is 4.22. The fourth-order valence-corrected chi connectivity index (χ4v) is 3.87. The second-order valence-corrected chi connectivity index (χ2v) is 7.48. The number of hydrogen-bond donors (Lipinski definition) is 3. The predicted octanol–water partition coefficient (Wildman–Crippen LogP) is 5.22. The van der Waals surface area contributed by atoms with E-state index in [2.05, 4.69) is 20.6 Å². The van der Waals surface area contributed by atoms with Gasteiger partial charge in [0.2, 0.25) is 0 Å². The minimum absolute atomic E-state index is 0.103. The summed E-state index contributed by atoms with van der Waals surface area (Å²) in [6, 6.07) is 13.0. The number of aryl methyl sites for hydroxylation is 1. The van der Waals surface area contributed by atoms with Gasteiger partial charge in [0.25, 0.3) is 0 Å². The molecule has 5 rings (SSSR count). The molecule has 0 saturated heterocycles. The number of nitrogens with zero attached hydrogens (tertiary/aromatic N) is 2. The van der Waals surface area contributed by atoms with Crippen LogP contribution in [0, 0.1) is 12.7 Å². The van der Waals surface area contributed by atoms with Crippen LogP contribution >= 0.6 is 0 Å². The van der Waals surface area contributed by atoms with Crippen LogP contribution in [0.3, 0.4) is 0 Å². The second kappa shape index (κ2) is 7.75. The van der Waals surface area contributed by atoms with Crippen molar-refractivity contribution >= 4 is 34.1 Å². The van der Waals surface area contributed by atoms with Gasteiger partial charge in [-0.05, 0) is 60.9 Å². The smallest absolute Gasteiger partial charge is 0.323 e. The van der Waals surface area contributed by atoms with E-state index in [4.69, 9.17) is 2.74 Å². The summed E-state index contributed by atoms with van der Waals surface area (Å²) in [5.74, 6) is -0.512. The SMILES string of the molecule is [2H]C([2H])(c1c[nH]c2ncccc12)N1CCc2c(NC(=O)Nc3cc(C)ccc3F)cccc21. The lowest BCUT2D eigenvalue weighted by atomic mass is 10.1. The van der Waals surface area contributed by atoms with Crippen molar-refractivity contribution in [2.75, 3.05) is 22.1 Å². The Hall–Kier alpha value is -3.87. The summed E-state index contributed by atoms with van der Waals surface area (Å²) in [5, 5.41) is 6.07. The lowest BCUT2D eigenvalue weighted by Crippen LogP contribution is -2.21. The summed E-state index contributed by atoms with van der Waals surface area (Å²) < 4.78 is 31.8. The van der Waals surface area contributed by atoms with Gasteiger partial charge in [0.1, 0.15) is 11.5 Å². The molecule has 2 aromatic carbocycles. The van der Waals surface area contributed by atoms with Crippen LogP contribution < -0.4 is 15.5 Å². The molecule has 3 N–H and O–H groups in total. The molecule has 7 heteroatoms. The van der Waals surface area contributed by atoms with Gasteiger partial charge in [0.05, 0.1) is 8.43 Å². The third kappa shape index (κ3) is 3.70. The van der Waals surface area contributed by atoms with Crippen LogP contribution in [0.4, 0.5) is 26.2 Å². The zero-order chi connectivity index (χ0) is 23.2. The van der Waals surface area contributed by atoms with Crippen molar-refractivity contribution in [2.45, 2.75) is 19.8 Å². The zero-order valence-corrected chi connectivity index (χ0v) is 16.9. The Morgan fingerprint density at radius 2 is 2.10 bits per heavy atom. The van der Waals surface area contributed by atoms with Crippen LogP contribution in [0.15, 0.2) is 60.9 Å². The number of H-pyrrole nitrogens is 1. The molecule has 6 nitrogen and oxygen atoms in total. The molecule has 0 bridgehead atoms. The molecule has 156 valence electrons. The molecular weight excluding hydrogens is 393 g/mol. The molecule has 0 radical (unpaired) electrons. The highest BCUT2D eigenvalue weighted by atomic mass is 19.1. The van der Waals surface area contributed by atoms with Crippen molar-refractivity contribution < 1.29 is 11.9 Å². The number of anilines is 3. The van der Waals surface area contributed by atoms with E-state index in [1.807, 2.05) is 19.1 Å². The number of urea groups is 1. The molecular formula is C24H22FN5O. The lowest BCUT2D eigenvalue weighted by molar-refractivity contribution is 0.262. The minimum atomic E-state index is -1.79. The van der Waals surface area contributed by atoms with Crippen molar-refractivity contribution in [3.63, 3.8) is 0 Å². The first-order valence-corrected chi connectivity index (χ1v) is 10.0. The predicted molar refractivity (Wildman–Crippen MR) is 121 cm³/mol. The Morgan fingerprint density at radius 3 is 3.00 bits per heavy atom. The van der Waals surface area contributed by atoms with Crippen LogP contribution in [-0.4, -0.2) is 22.5 Å².